The summed E-state index contributed by atoms with van der Waals surface area (Å²) < 4.78 is 1.09. The Balaban J connectivity index is 2.23. The van der Waals surface area contributed by atoms with Crippen molar-refractivity contribution >= 4 is 21.8 Å². The van der Waals surface area contributed by atoms with Gasteiger partial charge in [0.1, 0.15) is 0 Å². The summed E-state index contributed by atoms with van der Waals surface area (Å²) in [5.74, 6) is 0.0178. The van der Waals surface area contributed by atoms with Gasteiger partial charge in [-0.1, -0.05) is 28.1 Å². The van der Waals surface area contributed by atoms with E-state index in [1.54, 1.807) is 7.05 Å². The number of likely N-dealkylation sites (N-methyl/N-ethyl adjacent to an activating group) is 1. The molecule has 0 aliphatic rings. The lowest BCUT2D eigenvalue weighted by Gasteiger charge is -2.04. The minimum atomic E-state index is 0.0178. The van der Waals surface area contributed by atoms with E-state index >= 15 is 0 Å². The number of hydrogen-bond acceptors (Lipinski definition) is 2. The monoisotopic (exact) mass is 270 g/mol. The zero-order chi connectivity index (χ0) is 11.1. The van der Waals surface area contributed by atoms with E-state index in [1.807, 2.05) is 12.1 Å². The molecule has 1 aromatic carbocycles. The van der Waals surface area contributed by atoms with Gasteiger partial charge in [0.2, 0.25) is 5.91 Å². The molecule has 0 saturated heterocycles. The Morgan fingerprint density at radius 3 is 2.93 bits per heavy atom. The fraction of sp³-hybridized carbons (Fsp3) is 0.364. The number of carbonyl (C=O) groups is 1. The summed E-state index contributed by atoms with van der Waals surface area (Å²) in [6, 6.07) is 8.17. The number of hydrogen-bond donors (Lipinski definition) is 2. The highest BCUT2D eigenvalue weighted by Crippen LogP contribution is 2.11. The zero-order valence-corrected chi connectivity index (χ0v) is 10.3. The molecule has 0 unspecified atom stereocenters. The van der Waals surface area contributed by atoms with Crippen molar-refractivity contribution < 1.29 is 4.79 Å². The highest BCUT2D eigenvalue weighted by molar-refractivity contribution is 9.10. The van der Waals surface area contributed by atoms with Crippen molar-refractivity contribution in [3.8, 4) is 0 Å². The van der Waals surface area contributed by atoms with Crippen molar-refractivity contribution in [1.29, 1.82) is 0 Å². The Hall–Kier alpha value is -0.870. The van der Waals surface area contributed by atoms with Crippen molar-refractivity contribution in [1.82, 2.24) is 10.6 Å². The number of carbonyl (C=O) groups excluding carboxylic acids is 1. The van der Waals surface area contributed by atoms with Crippen LogP contribution in [0, 0.1) is 0 Å². The topological polar surface area (TPSA) is 41.1 Å². The van der Waals surface area contributed by atoms with Gasteiger partial charge in [0.15, 0.2) is 0 Å². The summed E-state index contributed by atoms with van der Waals surface area (Å²) in [5.41, 5.74) is 1.26. The van der Waals surface area contributed by atoms with Crippen LogP contribution in [0.4, 0.5) is 0 Å². The number of amides is 1. The van der Waals surface area contributed by atoms with Gasteiger partial charge in [-0.25, -0.2) is 0 Å². The van der Waals surface area contributed by atoms with Crippen LogP contribution in [-0.2, 0) is 11.2 Å². The molecule has 0 spiro atoms. The van der Waals surface area contributed by atoms with E-state index in [1.165, 1.54) is 5.56 Å². The third-order valence-electron chi connectivity index (χ3n) is 2.04. The first kappa shape index (κ1) is 12.2. The second-order valence-corrected chi connectivity index (χ2v) is 4.15. The molecule has 0 fully saturated rings. The van der Waals surface area contributed by atoms with Crippen LogP contribution in [0.5, 0.6) is 0 Å². The SMILES string of the molecule is CNC(=O)CNCCc1cccc(Br)c1. The smallest absolute Gasteiger partial charge is 0.233 e. The molecule has 0 atom stereocenters. The lowest BCUT2D eigenvalue weighted by Crippen LogP contribution is -2.32. The van der Waals surface area contributed by atoms with Crippen LogP contribution in [0.25, 0.3) is 0 Å². The third-order valence-corrected chi connectivity index (χ3v) is 2.54. The first-order valence-corrected chi connectivity index (χ1v) is 5.67. The normalized spacial score (nSPS) is 10.0. The lowest BCUT2D eigenvalue weighted by molar-refractivity contribution is -0.119. The van der Waals surface area contributed by atoms with Gasteiger partial charge in [-0.05, 0) is 30.7 Å². The van der Waals surface area contributed by atoms with E-state index in [4.69, 9.17) is 0 Å². The maximum atomic E-state index is 10.9. The van der Waals surface area contributed by atoms with Gasteiger partial charge in [0, 0.05) is 11.5 Å². The Morgan fingerprint density at radius 2 is 2.27 bits per heavy atom. The standard InChI is InChI=1S/C11H15BrN2O/c1-13-11(15)8-14-6-5-9-3-2-4-10(12)7-9/h2-4,7,14H,5-6,8H2,1H3,(H,13,15). The van der Waals surface area contributed by atoms with Crippen molar-refractivity contribution in [2.24, 2.45) is 0 Å². The van der Waals surface area contributed by atoms with E-state index in [2.05, 4.69) is 38.7 Å². The van der Waals surface area contributed by atoms with Gasteiger partial charge in [-0.3, -0.25) is 4.79 Å². The van der Waals surface area contributed by atoms with Crippen LogP contribution in [0.3, 0.4) is 0 Å². The highest BCUT2D eigenvalue weighted by Gasteiger charge is 1.97. The molecule has 0 bridgehead atoms. The molecule has 0 aliphatic heterocycles. The average Bonchev–Trinajstić information content (AvgIpc) is 2.24. The molecule has 0 aliphatic carbocycles. The van der Waals surface area contributed by atoms with E-state index < -0.39 is 0 Å². The number of halogens is 1. The van der Waals surface area contributed by atoms with Crippen LogP contribution in [-0.4, -0.2) is 26.0 Å². The largest absolute Gasteiger partial charge is 0.358 e. The molecule has 0 heterocycles. The second-order valence-electron chi connectivity index (χ2n) is 3.23. The maximum Gasteiger partial charge on any atom is 0.233 e. The molecule has 2 N–H and O–H groups in total. The molecule has 0 saturated carbocycles. The van der Waals surface area contributed by atoms with Crippen LogP contribution >= 0.6 is 15.9 Å². The predicted octanol–water partition coefficient (Wildman–Crippen LogP) is 1.33. The van der Waals surface area contributed by atoms with E-state index in [0.29, 0.717) is 6.54 Å². The first-order chi connectivity index (χ1) is 7.22. The molecule has 1 rings (SSSR count). The van der Waals surface area contributed by atoms with E-state index in [0.717, 1.165) is 17.4 Å². The van der Waals surface area contributed by atoms with Gasteiger partial charge in [-0.15, -0.1) is 0 Å². The molecule has 82 valence electrons. The Morgan fingerprint density at radius 1 is 1.47 bits per heavy atom. The highest BCUT2D eigenvalue weighted by atomic mass is 79.9. The van der Waals surface area contributed by atoms with Crippen LogP contribution < -0.4 is 10.6 Å². The Labute approximate surface area is 98.4 Å². The van der Waals surface area contributed by atoms with Crippen molar-refractivity contribution in [3.63, 3.8) is 0 Å². The number of rotatable bonds is 5. The van der Waals surface area contributed by atoms with Gasteiger partial charge in [0.05, 0.1) is 6.54 Å². The quantitative estimate of drug-likeness (QED) is 0.793. The van der Waals surface area contributed by atoms with Gasteiger partial charge < -0.3 is 10.6 Å². The van der Waals surface area contributed by atoms with Crippen molar-refractivity contribution in [3.05, 3.63) is 34.3 Å². The summed E-state index contributed by atoms with van der Waals surface area (Å²) in [7, 11) is 1.64. The minimum Gasteiger partial charge on any atom is -0.358 e. The Kier molecular flexibility index (Phi) is 5.36. The van der Waals surface area contributed by atoms with Crippen molar-refractivity contribution in [2.75, 3.05) is 20.1 Å². The predicted molar refractivity (Wildman–Crippen MR) is 64.8 cm³/mol. The molecule has 4 heteroatoms. The summed E-state index contributed by atoms with van der Waals surface area (Å²) in [6.45, 7) is 1.19. The van der Waals surface area contributed by atoms with Gasteiger partial charge >= 0.3 is 0 Å². The van der Waals surface area contributed by atoms with Crippen LogP contribution in [0.1, 0.15) is 5.56 Å². The third kappa shape index (κ3) is 4.95. The summed E-state index contributed by atoms with van der Waals surface area (Å²) >= 11 is 3.42. The molecule has 0 radical (unpaired) electrons. The summed E-state index contributed by atoms with van der Waals surface area (Å²) in [5, 5.41) is 5.64. The molecule has 15 heavy (non-hydrogen) atoms. The summed E-state index contributed by atoms with van der Waals surface area (Å²) in [6.07, 6.45) is 0.927. The van der Waals surface area contributed by atoms with Crippen LogP contribution in [0.15, 0.2) is 28.7 Å². The number of benzene rings is 1. The number of nitrogens with one attached hydrogen (secondary N) is 2. The minimum absolute atomic E-state index is 0.0178. The zero-order valence-electron chi connectivity index (χ0n) is 8.72. The van der Waals surface area contributed by atoms with Crippen LogP contribution in [0.2, 0.25) is 0 Å². The maximum absolute atomic E-state index is 10.9. The molecular weight excluding hydrogens is 256 g/mol. The molecule has 3 nitrogen and oxygen atoms in total. The van der Waals surface area contributed by atoms with E-state index in [-0.39, 0.29) is 5.91 Å². The molecular formula is C11H15BrN2O. The van der Waals surface area contributed by atoms with E-state index in [9.17, 15) is 4.79 Å². The molecule has 1 amide bonds. The fourth-order valence-electron chi connectivity index (χ4n) is 1.22. The van der Waals surface area contributed by atoms with Gasteiger partial charge in [-0.2, -0.15) is 0 Å². The average molecular weight is 271 g/mol. The Bertz CT molecular complexity index is 328. The van der Waals surface area contributed by atoms with Gasteiger partial charge in [0.25, 0.3) is 0 Å². The molecule has 0 aromatic heterocycles. The fourth-order valence-corrected chi connectivity index (χ4v) is 1.66. The molecule has 1 aromatic rings. The summed E-state index contributed by atoms with van der Waals surface area (Å²) in [4.78, 5) is 10.9. The van der Waals surface area contributed by atoms with Crippen molar-refractivity contribution in [2.45, 2.75) is 6.42 Å². The first-order valence-electron chi connectivity index (χ1n) is 4.88. The lowest BCUT2D eigenvalue weighted by atomic mass is 10.1. The second kappa shape index (κ2) is 6.58.